The van der Waals surface area contributed by atoms with E-state index < -0.39 is 22.0 Å². The minimum absolute atomic E-state index is 0. The van der Waals surface area contributed by atoms with Gasteiger partial charge in [0.25, 0.3) is 0 Å². The second-order valence-electron chi connectivity index (χ2n) is 6.12. The molecule has 0 spiro atoms. The number of aryl methyl sites for hydroxylation is 2. The Bertz CT molecular complexity index is 912. The van der Waals surface area contributed by atoms with Crippen LogP contribution in [0.15, 0.2) is 29.2 Å². The van der Waals surface area contributed by atoms with Gasteiger partial charge in [0.15, 0.2) is 0 Å². The van der Waals surface area contributed by atoms with Crippen molar-refractivity contribution in [1.82, 2.24) is 14.5 Å². The Labute approximate surface area is 171 Å². The van der Waals surface area contributed by atoms with Crippen molar-refractivity contribution in [2.75, 3.05) is 18.5 Å². The number of nitrogens with two attached hydrogens (primary N) is 1. The number of nitrogens with one attached hydrogen (secondary N) is 2. The fourth-order valence-electron chi connectivity index (χ4n) is 2.55. The highest BCUT2D eigenvalue weighted by molar-refractivity contribution is 7.89. The number of nitrogens with zero attached hydrogens (tertiary/aromatic N) is 2. The second-order valence-corrected chi connectivity index (χ2v) is 7.77. The average molecular weight is 432 g/mol. The second kappa shape index (κ2) is 9.87. The molecule has 0 saturated heterocycles. The van der Waals surface area contributed by atoms with Crippen molar-refractivity contribution in [2.45, 2.75) is 31.7 Å². The van der Waals surface area contributed by atoms with Gasteiger partial charge in [-0.3, -0.25) is 9.48 Å². The molecule has 1 heterocycles. The summed E-state index contributed by atoms with van der Waals surface area (Å²) in [5.74, 6) is 0.156. The number of anilines is 1. The van der Waals surface area contributed by atoms with Gasteiger partial charge >= 0.3 is 0 Å². The molecule has 2 aromatic rings. The maximum Gasteiger partial charge on any atom is 0.244 e. The summed E-state index contributed by atoms with van der Waals surface area (Å²) >= 11 is 0. The highest BCUT2D eigenvalue weighted by Crippen LogP contribution is 2.19. The van der Waals surface area contributed by atoms with Crippen molar-refractivity contribution in [3.8, 4) is 5.75 Å². The number of sulfonamides is 1. The lowest BCUT2D eigenvalue weighted by Gasteiger charge is -2.15. The lowest BCUT2D eigenvalue weighted by atomic mass is 10.2. The quantitative estimate of drug-likeness (QED) is 0.574. The summed E-state index contributed by atoms with van der Waals surface area (Å²) in [6.45, 7) is 5.56. The third kappa shape index (κ3) is 5.68. The molecule has 0 aliphatic heterocycles. The molecule has 1 amide bonds. The van der Waals surface area contributed by atoms with Crippen LogP contribution in [0.2, 0.25) is 0 Å². The van der Waals surface area contributed by atoms with Crippen LogP contribution in [0.3, 0.4) is 0 Å². The molecule has 28 heavy (non-hydrogen) atoms. The molecule has 0 fully saturated rings. The van der Waals surface area contributed by atoms with E-state index in [2.05, 4.69) is 15.1 Å². The molecule has 0 bridgehead atoms. The van der Waals surface area contributed by atoms with Gasteiger partial charge < -0.3 is 15.8 Å². The van der Waals surface area contributed by atoms with E-state index in [0.29, 0.717) is 36.0 Å². The zero-order valence-electron chi connectivity index (χ0n) is 16.2. The average Bonchev–Trinajstić information content (AvgIpc) is 2.86. The Hall–Kier alpha value is -2.14. The molecule has 2 rings (SSSR count). The molecule has 4 N–H and O–H groups in total. The fourth-order valence-corrected chi connectivity index (χ4v) is 4.19. The van der Waals surface area contributed by atoms with Gasteiger partial charge in [0.2, 0.25) is 15.9 Å². The van der Waals surface area contributed by atoms with Crippen LogP contribution < -0.4 is 20.5 Å². The molecule has 1 aromatic heterocycles. The van der Waals surface area contributed by atoms with Gasteiger partial charge in [-0.1, -0.05) is 0 Å². The number of rotatable bonds is 8. The molecule has 0 aliphatic carbocycles. The maximum atomic E-state index is 12.6. The SMILES string of the molecule is Cc1nn(C)c(C)c1S(=O)(=O)NC(C)C(=O)Nc1ccc(OCCN)cc1.Cl. The number of amides is 1. The Morgan fingerprint density at radius 3 is 2.39 bits per heavy atom. The molecule has 0 aliphatic rings. The smallest absolute Gasteiger partial charge is 0.244 e. The number of hydrogen-bond donors (Lipinski definition) is 3. The van der Waals surface area contributed by atoms with E-state index in [1.165, 1.54) is 11.6 Å². The van der Waals surface area contributed by atoms with Crippen LogP contribution in [0.5, 0.6) is 5.75 Å². The van der Waals surface area contributed by atoms with E-state index in [1.807, 2.05) is 0 Å². The molecule has 1 aromatic carbocycles. The molecule has 0 radical (unpaired) electrons. The molecule has 156 valence electrons. The van der Waals surface area contributed by atoms with Crippen molar-refractivity contribution in [3.05, 3.63) is 35.7 Å². The largest absolute Gasteiger partial charge is 0.492 e. The third-order valence-electron chi connectivity index (χ3n) is 3.94. The summed E-state index contributed by atoms with van der Waals surface area (Å²) in [5, 5.41) is 6.77. The van der Waals surface area contributed by atoms with Crippen LogP contribution >= 0.6 is 12.4 Å². The van der Waals surface area contributed by atoms with Crippen molar-refractivity contribution in [3.63, 3.8) is 0 Å². The number of hydrogen-bond acceptors (Lipinski definition) is 6. The Morgan fingerprint density at radius 1 is 1.29 bits per heavy atom. The summed E-state index contributed by atoms with van der Waals surface area (Å²) in [6, 6.07) is 5.76. The number of halogens is 1. The van der Waals surface area contributed by atoms with E-state index in [9.17, 15) is 13.2 Å². The van der Waals surface area contributed by atoms with Crippen molar-refractivity contribution in [2.24, 2.45) is 12.8 Å². The lowest BCUT2D eigenvalue weighted by molar-refractivity contribution is -0.117. The van der Waals surface area contributed by atoms with Gasteiger partial charge in [0.05, 0.1) is 17.4 Å². The molecule has 9 nitrogen and oxygen atoms in total. The highest BCUT2D eigenvalue weighted by Gasteiger charge is 2.27. The summed E-state index contributed by atoms with van der Waals surface area (Å²) in [6.07, 6.45) is 0. The number of ether oxygens (including phenoxy) is 1. The number of carbonyl (C=O) groups excluding carboxylic acids is 1. The summed E-state index contributed by atoms with van der Waals surface area (Å²) in [7, 11) is -2.22. The Morgan fingerprint density at radius 2 is 1.89 bits per heavy atom. The minimum Gasteiger partial charge on any atom is -0.492 e. The first-order valence-corrected chi connectivity index (χ1v) is 9.90. The van der Waals surface area contributed by atoms with Crippen LogP contribution in [0.1, 0.15) is 18.3 Å². The molecule has 1 atom stereocenters. The number of aromatic nitrogens is 2. The topological polar surface area (TPSA) is 128 Å². The zero-order chi connectivity index (χ0) is 20.2. The molecule has 1 unspecified atom stereocenters. The van der Waals surface area contributed by atoms with Crippen molar-refractivity contribution >= 4 is 34.0 Å². The summed E-state index contributed by atoms with van der Waals surface area (Å²) in [5.41, 5.74) is 6.78. The van der Waals surface area contributed by atoms with Gasteiger partial charge in [-0.05, 0) is 45.0 Å². The van der Waals surface area contributed by atoms with Crippen molar-refractivity contribution < 1.29 is 17.9 Å². The first kappa shape index (κ1) is 23.9. The lowest BCUT2D eigenvalue weighted by Crippen LogP contribution is -2.41. The molecule has 0 saturated carbocycles. The van der Waals surface area contributed by atoms with E-state index in [0.717, 1.165) is 0 Å². The third-order valence-corrected chi connectivity index (χ3v) is 5.74. The molecular formula is C17H26ClN5O4S. The van der Waals surface area contributed by atoms with Crippen molar-refractivity contribution in [1.29, 1.82) is 0 Å². The Balaban J connectivity index is 0.00000392. The van der Waals surface area contributed by atoms with Gasteiger partial charge in [-0.25, -0.2) is 8.42 Å². The maximum absolute atomic E-state index is 12.6. The van der Waals surface area contributed by atoms with Gasteiger partial charge in [-0.15, -0.1) is 12.4 Å². The Kier molecular flexibility index (Phi) is 8.43. The number of carbonyl (C=O) groups is 1. The standard InChI is InChI=1S/C17H25N5O4S.ClH/c1-11-16(13(3)22(4)20-11)27(24,25)21-12(2)17(23)19-14-5-7-15(8-6-14)26-10-9-18;/h5-8,12,21H,9-10,18H2,1-4H3,(H,19,23);1H. The van der Waals surface area contributed by atoms with Gasteiger partial charge in [0.1, 0.15) is 17.3 Å². The fraction of sp³-hybridized carbons (Fsp3) is 0.412. The highest BCUT2D eigenvalue weighted by atomic mass is 35.5. The molecular weight excluding hydrogens is 406 g/mol. The normalized spacial score (nSPS) is 12.2. The van der Waals surface area contributed by atoms with Gasteiger partial charge in [-0.2, -0.15) is 9.82 Å². The monoisotopic (exact) mass is 431 g/mol. The predicted octanol–water partition coefficient (Wildman–Crippen LogP) is 1.10. The minimum atomic E-state index is -3.88. The zero-order valence-corrected chi connectivity index (χ0v) is 17.9. The van der Waals surface area contributed by atoms with E-state index in [-0.39, 0.29) is 17.3 Å². The van der Waals surface area contributed by atoms with E-state index in [4.69, 9.17) is 10.5 Å². The van der Waals surface area contributed by atoms with E-state index >= 15 is 0 Å². The first-order valence-electron chi connectivity index (χ1n) is 8.42. The van der Waals surface area contributed by atoms with Crippen LogP contribution in [-0.4, -0.2) is 43.3 Å². The summed E-state index contributed by atoms with van der Waals surface area (Å²) < 4.78 is 34.5. The predicted molar refractivity (Wildman–Crippen MR) is 109 cm³/mol. The molecule has 11 heteroatoms. The van der Waals surface area contributed by atoms with Crippen LogP contribution in [0.4, 0.5) is 5.69 Å². The van der Waals surface area contributed by atoms with Gasteiger partial charge in [0, 0.05) is 19.3 Å². The van der Waals surface area contributed by atoms with Crippen LogP contribution in [-0.2, 0) is 21.9 Å². The summed E-state index contributed by atoms with van der Waals surface area (Å²) in [4.78, 5) is 12.4. The first-order chi connectivity index (χ1) is 12.7. The van der Waals surface area contributed by atoms with Crippen LogP contribution in [0, 0.1) is 13.8 Å². The van der Waals surface area contributed by atoms with Crippen LogP contribution in [0.25, 0.3) is 0 Å². The number of benzene rings is 1. The van der Waals surface area contributed by atoms with E-state index in [1.54, 1.807) is 45.2 Å².